The number of benzene rings is 1. The normalized spacial score (nSPS) is 12.1. The first kappa shape index (κ1) is 16.5. The molecule has 110 valence electrons. The fourth-order valence-electron chi connectivity index (χ4n) is 1.80. The highest BCUT2D eigenvalue weighted by Gasteiger charge is 2.23. The van der Waals surface area contributed by atoms with E-state index in [4.69, 9.17) is 16.3 Å². The Morgan fingerprint density at radius 3 is 2.50 bits per heavy atom. The zero-order chi connectivity index (χ0) is 15.3. The maximum atomic E-state index is 12.1. The molecule has 1 N–H and O–H groups in total. The van der Waals surface area contributed by atoms with E-state index in [0.29, 0.717) is 17.0 Å². The number of carbonyl (C=O) groups excluding carboxylic acids is 2. The highest BCUT2D eigenvalue weighted by molar-refractivity contribution is 6.31. The Kier molecular flexibility index (Phi) is 6.02. The second kappa shape index (κ2) is 7.29. The van der Waals surface area contributed by atoms with Gasteiger partial charge in [-0.05, 0) is 37.0 Å². The third-order valence-electron chi connectivity index (χ3n) is 2.93. The Hall–Kier alpha value is -1.55. The van der Waals surface area contributed by atoms with E-state index in [0.717, 1.165) is 5.56 Å². The summed E-state index contributed by atoms with van der Waals surface area (Å²) >= 11 is 6.00. The van der Waals surface area contributed by atoms with Gasteiger partial charge >= 0.3 is 5.97 Å². The number of carbonyl (C=O) groups is 2. The standard InChI is InChI=1S/C15H20ClNO3/c1-9(2)7-13(15(19)20-4)17-14(18)11-6-5-10(3)12(16)8-11/h5-6,8-9,13H,7H2,1-4H3,(H,17,18). The highest BCUT2D eigenvalue weighted by atomic mass is 35.5. The molecule has 0 saturated carbocycles. The van der Waals surface area contributed by atoms with Crippen LogP contribution >= 0.6 is 11.6 Å². The summed E-state index contributed by atoms with van der Waals surface area (Å²) in [5, 5.41) is 3.21. The minimum Gasteiger partial charge on any atom is -0.467 e. The lowest BCUT2D eigenvalue weighted by Gasteiger charge is -2.18. The molecule has 1 rings (SSSR count). The molecular weight excluding hydrogens is 278 g/mol. The molecular formula is C15H20ClNO3. The maximum Gasteiger partial charge on any atom is 0.328 e. The summed E-state index contributed by atoms with van der Waals surface area (Å²) in [5.74, 6) is -0.505. The fraction of sp³-hybridized carbons (Fsp3) is 0.467. The molecule has 20 heavy (non-hydrogen) atoms. The van der Waals surface area contributed by atoms with E-state index < -0.39 is 12.0 Å². The van der Waals surface area contributed by atoms with Gasteiger partial charge in [0.1, 0.15) is 6.04 Å². The first-order valence-corrected chi connectivity index (χ1v) is 6.87. The van der Waals surface area contributed by atoms with E-state index >= 15 is 0 Å². The van der Waals surface area contributed by atoms with E-state index in [2.05, 4.69) is 5.32 Å². The van der Waals surface area contributed by atoms with E-state index in [-0.39, 0.29) is 11.8 Å². The number of halogens is 1. The summed E-state index contributed by atoms with van der Waals surface area (Å²) in [6, 6.07) is 4.40. The summed E-state index contributed by atoms with van der Waals surface area (Å²) < 4.78 is 4.71. The van der Waals surface area contributed by atoms with Gasteiger partial charge in [0.25, 0.3) is 5.91 Å². The average molecular weight is 298 g/mol. The molecule has 0 spiro atoms. The lowest BCUT2D eigenvalue weighted by molar-refractivity contribution is -0.143. The summed E-state index contributed by atoms with van der Waals surface area (Å²) in [6.45, 7) is 5.82. The number of hydrogen-bond acceptors (Lipinski definition) is 3. The van der Waals surface area contributed by atoms with Crippen LogP contribution < -0.4 is 5.32 Å². The predicted octanol–water partition coefficient (Wildman–Crippen LogP) is 2.97. The van der Waals surface area contributed by atoms with Crippen LogP contribution in [0, 0.1) is 12.8 Å². The summed E-state index contributed by atoms with van der Waals surface area (Å²) in [7, 11) is 1.31. The zero-order valence-corrected chi connectivity index (χ0v) is 13.0. The molecule has 1 aromatic carbocycles. The second-order valence-corrected chi connectivity index (χ2v) is 5.55. The molecule has 0 heterocycles. The van der Waals surface area contributed by atoms with Gasteiger partial charge in [-0.3, -0.25) is 4.79 Å². The van der Waals surface area contributed by atoms with Crippen molar-refractivity contribution in [2.45, 2.75) is 33.2 Å². The monoisotopic (exact) mass is 297 g/mol. The molecule has 0 fully saturated rings. The number of esters is 1. The lowest BCUT2D eigenvalue weighted by atomic mass is 10.0. The van der Waals surface area contributed by atoms with E-state index in [1.165, 1.54) is 7.11 Å². The molecule has 0 radical (unpaired) electrons. The average Bonchev–Trinajstić information content (AvgIpc) is 2.39. The van der Waals surface area contributed by atoms with Gasteiger partial charge < -0.3 is 10.1 Å². The van der Waals surface area contributed by atoms with Gasteiger partial charge in [0.15, 0.2) is 0 Å². The first-order chi connectivity index (χ1) is 9.35. The molecule has 1 amide bonds. The van der Waals surface area contributed by atoms with Crippen LogP contribution in [0.3, 0.4) is 0 Å². The van der Waals surface area contributed by atoms with Crippen LogP contribution in [0.1, 0.15) is 36.2 Å². The Morgan fingerprint density at radius 1 is 1.35 bits per heavy atom. The van der Waals surface area contributed by atoms with Gasteiger partial charge in [0, 0.05) is 10.6 Å². The van der Waals surface area contributed by atoms with Crippen LogP contribution in [0.25, 0.3) is 0 Å². The van der Waals surface area contributed by atoms with Gasteiger partial charge in [-0.1, -0.05) is 31.5 Å². The largest absolute Gasteiger partial charge is 0.467 e. The number of nitrogens with one attached hydrogen (secondary N) is 1. The van der Waals surface area contributed by atoms with Crippen molar-refractivity contribution in [2.75, 3.05) is 7.11 Å². The SMILES string of the molecule is COC(=O)C(CC(C)C)NC(=O)c1ccc(C)c(Cl)c1. The highest BCUT2D eigenvalue weighted by Crippen LogP contribution is 2.17. The maximum absolute atomic E-state index is 12.1. The van der Waals surface area contributed by atoms with Crippen LogP contribution in [0.5, 0.6) is 0 Å². The van der Waals surface area contributed by atoms with Crippen molar-refractivity contribution in [1.29, 1.82) is 0 Å². The van der Waals surface area contributed by atoms with Crippen LogP contribution in [0.4, 0.5) is 0 Å². The molecule has 0 aliphatic rings. The van der Waals surface area contributed by atoms with Crippen molar-refractivity contribution in [3.63, 3.8) is 0 Å². The minimum atomic E-state index is -0.646. The quantitative estimate of drug-likeness (QED) is 0.850. The number of methoxy groups -OCH3 is 1. The molecule has 4 nitrogen and oxygen atoms in total. The number of rotatable bonds is 5. The van der Waals surface area contributed by atoms with Gasteiger partial charge in [-0.2, -0.15) is 0 Å². The molecule has 0 aromatic heterocycles. The van der Waals surface area contributed by atoms with Crippen molar-refractivity contribution in [1.82, 2.24) is 5.32 Å². The number of hydrogen-bond donors (Lipinski definition) is 1. The third kappa shape index (κ3) is 4.53. The molecule has 0 bridgehead atoms. The van der Waals surface area contributed by atoms with Crippen molar-refractivity contribution >= 4 is 23.5 Å². The molecule has 0 aliphatic heterocycles. The van der Waals surface area contributed by atoms with Gasteiger partial charge in [-0.25, -0.2) is 4.79 Å². The summed E-state index contributed by atoms with van der Waals surface area (Å²) in [5.41, 5.74) is 1.33. The molecule has 1 unspecified atom stereocenters. The molecule has 0 aliphatic carbocycles. The molecule has 1 aromatic rings. The van der Waals surface area contributed by atoms with Crippen molar-refractivity contribution in [2.24, 2.45) is 5.92 Å². The summed E-state index contributed by atoms with van der Waals surface area (Å²) in [6.07, 6.45) is 0.526. The number of ether oxygens (including phenoxy) is 1. The van der Waals surface area contributed by atoms with E-state index in [1.54, 1.807) is 18.2 Å². The molecule has 0 saturated heterocycles. The van der Waals surface area contributed by atoms with Crippen LogP contribution in [-0.2, 0) is 9.53 Å². The third-order valence-corrected chi connectivity index (χ3v) is 3.34. The Bertz CT molecular complexity index is 500. The molecule has 1 atom stereocenters. The topological polar surface area (TPSA) is 55.4 Å². The van der Waals surface area contributed by atoms with Gasteiger partial charge in [-0.15, -0.1) is 0 Å². The van der Waals surface area contributed by atoms with E-state index in [9.17, 15) is 9.59 Å². The summed E-state index contributed by atoms with van der Waals surface area (Å²) in [4.78, 5) is 23.8. The Balaban J connectivity index is 2.84. The fourth-order valence-corrected chi connectivity index (χ4v) is 1.98. The second-order valence-electron chi connectivity index (χ2n) is 5.14. The predicted molar refractivity (Wildman–Crippen MR) is 78.9 cm³/mol. The number of aryl methyl sites for hydroxylation is 1. The number of amides is 1. The Morgan fingerprint density at radius 2 is 2.00 bits per heavy atom. The Labute approximate surface area is 124 Å². The van der Waals surface area contributed by atoms with Crippen LogP contribution in [0.2, 0.25) is 5.02 Å². The van der Waals surface area contributed by atoms with Crippen molar-refractivity contribution in [3.05, 3.63) is 34.3 Å². The van der Waals surface area contributed by atoms with Crippen LogP contribution in [-0.4, -0.2) is 25.0 Å². The lowest BCUT2D eigenvalue weighted by Crippen LogP contribution is -2.42. The van der Waals surface area contributed by atoms with Gasteiger partial charge in [0.2, 0.25) is 0 Å². The van der Waals surface area contributed by atoms with Crippen molar-refractivity contribution in [3.8, 4) is 0 Å². The van der Waals surface area contributed by atoms with Crippen molar-refractivity contribution < 1.29 is 14.3 Å². The first-order valence-electron chi connectivity index (χ1n) is 6.50. The molecule has 5 heteroatoms. The minimum absolute atomic E-state index is 0.265. The smallest absolute Gasteiger partial charge is 0.328 e. The van der Waals surface area contributed by atoms with Crippen LogP contribution in [0.15, 0.2) is 18.2 Å². The van der Waals surface area contributed by atoms with E-state index in [1.807, 2.05) is 20.8 Å². The van der Waals surface area contributed by atoms with Gasteiger partial charge in [0.05, 0.1) is 7.11 Å². The zero-order valence-electron chi connectivity index (χ0n) is 12.2.